The van der Waals surface area contributed by atoms with Crippen molar-refractivity contribution in [3.8, 4) is 0 Å². The Kier molecular flexibility index (Phi) is 8.03. The van der Waals surface area contributed by atoms with E-state index >= 15 is 0 Å². The van der Waals surface area contributed by atoms with Gasteiger partial charge in [-0.2, -0.15) is 0 Å². The van der Waals surface area contributed by atoms with Gasteiger partial charge >= 0.3 is 8.80 Å². The van der Waals surface area contributed by atoms with E-state index in [9.17, 15) is 0 Å². The van der Waals surface area contributed by atoms with E-state index in [0.29, 0.717) is 0 Å². The van der Waals surface area contributed by atoms with E-state index in [0.717, 1.165) is 18.9 Å². The fourth-order valence-corrected chi connectivity index (χ4v) is 16.8. The zero-order chi connectivity index (χ0) is 16.9. The molecule has 0 saturated carbocycles. The Morgan fingerprint density at radius 3 is 1.29 bits per heavy atom. The first kappa shape index (κ1) is 21.5. The third-order valence-electron chi connectivity index (χ3n) is 2.28. The summed E-state index contributed by atoms with van der Waals surface area (Å²) in [4.78, 5) is 0. The maximum absolute atomic E-state index is 6.59. The van der Waals surface area contributed by atoms with Crippen molar-refractivity contribution >= 4 is 33.8 Å². The van der Waals surface area contributed by atoms with Gasteiger partial charge in [-0.05, 0) is 71.8 Å². The van der Waals surface area contributed by atoms with Crippen molar-refractivity contribution in [2.24, 2.45) is 0 Å². The van der Waals surface area contributed by atoms with Crippen molar-refractivity contribution in [2.45, 2.75) is 77.8 Å². The molecule has 21 heavy (non-hydrogen) atoms. The topological polar surface area (TPSA) is 27.7 Å². The molecule has 0 aliphatic carbocycles. The van der Waals surface area contributed by atoms with Crippen LogP contribution in [-0.2, 0) is 12.3 Å². The molecule has 0 aliphatic rings. The lowest BCUT2D eigenvalue weighted by Crippen LogP contribution is -2.60. The molecule has 7 heteroatoms. The highest BCUT2D eigenvalue weighted by Crippen LogP contribution is 2.30. The van der Waals surface area contributed by atoms with Crippen LogP contribution in [0.5, 0.6) is 0 Å². The van der Waals surface area contributed by atoms with Gasteiger partial charge in [0.25, 0.3) is 0 Å². The molecule has 0 aromatic rings. The van der Waals surface area contributed by atoms with E-state index < -0.39 is 33.8 Å². The lowest BCUT2D eigenvalue weighted by molar-refractivity contribution is 0.250. The number of allylic oxidation sites excluding steroid dienone is 1. The molecule has 0 N–H and O–H groups in total. The summed E-state index contributed by atoms with van der Waals surface area (Å²) >= 11 is 0. The molecular weight excluding hydrogens is 328 g/mol. The molecule has 0 unspecified atom stereocenters. The molecule has 0 spiro atoms. The Morgan fingerprint density at radius 1 is 0.714 bits per heavy atom. The summed E-state index contributed by atoms with van der Waals surface area (Å²) in [5.41, 5.74) is 0. The second kappa shape index (κ2) is 7.85. The van der Waals surface area contributed by atoms with Crippen molar-refractivity contribution in [3.63, 3.8) is 0 Å². The van der Waals surface area contributed by atoms with Crippen LogP contribution in [0.2, 0.25) is 65.0 Å². The highest BCUT2D eigenvalue weighted by Gasteiger charge is 2.49. The molecule has 0 radical (unpaired) electrons. The zero-order valence-corrected chi connectivity index (χ0v) is 19.6. The minimum absolute atomic E-state index is 0.915. The molecular formula is C14H36O3Si4. The van der Waals surface area contributed by atoms with E-state index in [4.69, 9.17) is 12.3 Å². The summed E-state index contributed by atoms with van der Waals surface area (Å²) in [6, 6.07) is 0.915. The van der Waals surface area contributed by atoms with Crippen LogP contribution in [0.4, 0.5) is 0 Å². The first-order chi connectivity index (χ1) is 9.18. The standard InChI is InChI=1S/C14H36O3Si4/c1-11-12-13-14-21(15-18(2,3)4,16-19(5,6)7)17-20(8,9)10/h11H,1,12-14H2,2-10H3. The van der Waals surface area contributed by atoms with Gasteiger partial charge in [0, 0.05) is 6.04 Å². The van der Waals surface area contributed by atoms with Gasteiger partial charge in [-0.25, -0.2) is 0 Å². The highest BCUT2D eigenvalue weighted by atomic mass is 28.5. The van der Waals surface area contributed by atoms with Crippen LogP contribution in [0, 0.1) is 0 Å². The Bertz CT molecular complexity index is 286. The molecule has 0 bridgehead atoms. The number of hydrogen-bond acceptors (Lipinski definition) is 3. The minimum Gasteiger partial charge on any atom is -0.417 e. The van der Waals surface area contributed by atoms with Crippen LogP contribution in [-0.4, -0.2) is 33.8 Å². The molecule has 0 aromatic heterocycles. The van der Waals surface area contributed by atoms with Gasteiger partial charge in [0.05, 0.1) is 0 Å². The fraction of sp³-hybridized carbons (Fsp3) is 0.857. The van der Waals surface area contributed by atoms with Crippen LogP contribution >= 0.6 is 0 Å². The SMILES string of the molecule is C=CCCC[Si](O[Si](C)(C)C)(O[Si](C)(C)C)O[Si](C)(C)C. The second-order valence-corrected chi connectivity index (χ2v) is 25.5. The number of rotatable bonds is 10. The van der Waals surface area contributed by atoms with E-state index in [2.05, 4.69) is 65.5 Å². The van der Waals surface area contributed by atoms with Gasteiger partial charge in [-0.1, -0.05) is 6.08 Å². The van der Waals surface area contributed by atoms with Gasteiger partial charge in [-0.3, -0.25) is 0 Å². The van der Waals surface area contributed by atoms with Crippen molar-refractivity contribution in [1.29, 1.82) is 0 Å². The van der Waals surface area contributed by atoms with Crippen LogP contribution in [0.3, 0.4) is 0 Å². The van der Waals surface area contributed by atoms with Crippen LogP contribution in [0.1, 0.15) is 12.8 Å². The molecule has 3 nitrogen and oxygen atoms in total. The summed E-state index contributed by atoms with van der Waals surface area (Å²) in [5, 5.41) is 0. The normalized spacial score (nSPS) is 14.3. The predicted molar refractivity (Wildman–Crippen MR) is 103 cm³/mol. The summed E-state index contributed by atoms with van der Waals surface area (Å²) < 4.78 is 19.8. The summed E-state index contributed by atoms with van der Waals surface area (Å²) in [6.07, 6.45) is 4.00. The highest BCUT2D eigenvalue weighted by molar-refractivity contribution is 6.90. The third kappa shape index (κ3) is 11.7. The average Bonchev–Trinajstić information content (AvgIpc) is 2.08. The molecule has 0 rings (SSSR count). The van der Waals surface area contributed by atoms with Crippen molar-refractivity contribution in [2.75, 3.05) is 0 Å². The smallest absolute Gasteiger partial charge is 0.417 e. The number of unbranched alkanes of at least 4 members (excludes halogenated alkanes) is 1. The Hall–Kier alpha value is 0.488. The molecule has 0 fully saturated rings. The van der Waals surface area contributed by atoms with Gasteiger partial charge in [0.2, 0.25) is 0 Å². The van der Waals surface area contributed by atoms with E-state index in [1.165, 1.54) is 0 Å². The molecule has 0 heterocycles. The van der Waals surface area contributed by atoms with Gasteiger partial charge in [0.15, 0.2) is 25.0 Å². The molecule has 0 amide bonds. The molecule has 0 aromatic carbocycles. The van der Waals surface area contributed by atoms with E-state index in [1.54, 1.807) is 0 Å². The van der Waals surface area contributed by atoms with Crippen molar-refractivity contribution < 1.29 is 12.3 Å². The zero-order valence-electron chi connectivity index (χ0n) is 15.6. The Balaban J connectivity index is 5.40. The lowest BCUT2D eigenvalue weighted by atomic mass is 10.3. The predicted octanol–water partition coefficient (Wildman–Crippen LogP) is 5.45. The second-order valence-electron chi connectivity index (χ2n) is 8.51. The van der Waals surface area contributed by atoms with Gasteiger partial charge < -0.3 is 12.3 Å². The van der Waals surface area contributed by atoms with E-state index in [1.807, 2.05) is 6.08 Å². The number of hydrogen-bond donors (Lipinski definition) is 0. The maximum atomic E-state index is 6.59. The van der Waals surface area contributed by atoms with Gasteiger partial charge in [-0.15, -0.1) is 6.58 Å². The van der Waals surface area contributed by atoms with Crippen LogP contribution in [0.15, 0.2) is 12.7 Å². The van der Waals surface area contributed by atoms with Gasteiger partial charge in [0.1, 0.15) is 0 Å². The Morgan fingerprint density at radius 2 is 1.05 bits per heavy atom. The van der Waals surface area contributed by atoms with E-state index in [-0.39, 0.29) is 0 Å². The van der Waals surface area contributed by atoms with Crippen molar-refractivity contribution in [1.82, 2.24) is 0 Å². The summed E-state index contributed by atoms with van der Waals surface area (Å²) in [7, 11) is -7.77. The first-order valence-electron chi connectivity index (χ1n) is 7.89. The Labute approximate surface area is 136 Å². The van der Waals surface area contributed by atoms with Crippen molar-refractivity contribution in [3.05, 3.63) is 12.7 Å². The molecule has 126 valence electrons. The largest absolute Gasteiger partial charge is 0.469 e. The fourth-order valence-electron chi connectivity index (χ4n) is 2.08. The first-order valence-corrected chi connectivity index (χ1v) is 20.1. The van der Waals surface area contributed by atoms with Crippen LogP contribution < -0.4 is 0 Å². The monoisotopic (exact) mass is 364 g/mol. The molecule has 0 saturated heterocycles. The summed E-state index contributed by atoms with van der Waals surface area (Å²) in [5.74, 6) is 0. The summed E-state index contributed by atoms with van der Waals surface area (Å²) in [6.45, 7) is 23.9. The molecule has 0 aliphatic heterocycles. The maximum Gasteiger partial charge on any atom is 0.469 e. The quantitative estimate of drug-likeness (QED) is 0.293. The van der Waals surface area contributed by atoms with Crippen LogP contribution in [0.25, 0.3) is 0 Å². The lowest BCUT2D eigenvalue weighted by Gasteiger charge is -2.42. The minimum atomic E-state index is -2.60. The molecule has 0 atom stereocenters. The third-order valence-corrected chi connectivity index (χ3v) is 14.3. The average molecular weight is 365 g/mol.